The van der Waals surface area contributed by atoms with Crippen LogP contribution in [0.25, 0.3) is 0 Å². The monoisotopic (exact) mass is 660 g/mol. The second-order valence-electron chi connectivity index (χ2n) is 13.0. The summed E-state index contributed by atoms with van der Waals surface area (Å²) >= 11 is 0. The molecule has 3 aliphatic rings. The van der Waals surface area contributed by atoms with Crippen LogP contribution < -0.4 is 14.8 Å². The molecule has 0 bridgehead atoms. The van der Waals surface area contributed by atoms with E-state index in [9.17, 15) is 23.1 Å². The van der Waals surface area contributed by atoms with Gasteiger partial charge < -0.3 is 38.9 Å². The molecule has 0 saturated carbocycles. The molecule has 2 fully saturated rings. The Hall–Kier alpha value is -3.23. The summed E-state index contributed by atoms with van der Waals surface area (Å²) in [5.41, 5.74) is 0.303. The Bertz CT molecular complexity index is 1470. The quantitative estimate of drug-likeness (QED) is 0.290. The molecular formula is C33H44N2O10S. The van der Waals surface area contributed by atoms with Gasteiger partial charge in [-0.15, -0.1) is 0 Å². The molecule has 2 N–H and O–H groups in total. The minimum absolute atomic E-state index is 0.00517. The van der Waals surface area contributed by atoms with Crippen molar-refractivity contribution in [2.24, 2.45) is 11.3 Å². The molecule has 1 amide bonds. The average molecular weight is 661 g/mol. The number of hydrogen-bond acceptors (Lipinski definition) is 10. The minimum atomic E-state index is -4.16. The Kier molecular flexibility index (Phi) is 10.9. The maximum Gasteiger partial charge on any atom is 0.407 e. The zero-order valence-corrected chi connectivity index (χ0v) is 27.4. The van der Waals surface area contributed by atoms with Crippen molar-refractivity contribution in [1.82, 2.24) is 9.62 Å². The summed E-state index contributed by atoms with van der Waals surface area (Å²) in [6, 6.07) is 12.8. The fraction of sp³-hybridized carbons (Fsp3) is 0.576. The van der Waals surface area contributed by atoms with Gasteiger partial charge >= 0.3 is 6.09 Å². The normalized spacial score (nSPS) is 22.0. The van der Waals surface area contributed by atoms with E-state index in [1.807, 2.05) is 44.2 Å². The lowest BCUT2D eigenvalue weighted by Crippen LogP contribution is -2.52. The number of ketones is 1. The molecule has 0 unspecified atom stereocenters. The summed E-state index contributed by atoms with van der Waals surface area (Å²) in [5.74, 6) is 0.775. The molecule has 0 aromatic heterocycles. The molecule has 5 rings (SSSR count). The highest BCUT2D eigenvalue weighted by molar-refractivity contribution is 7.89. The van der Waals surface area contributed by atoms with E-state index < -0.39 is 46.1 Å². The van der Waals surface area contributed by atoms with Crippen LogP contribution in [0.2, 0.25) is 0 Å². The number of aliphatic hydroxyl groups excluding tert-OH is 1. The zero-order chi connectivity index (χ0) is 32.9. The number of nitrogens with zero attached hydrogens (tertiary/aromatic N) is 1. The van der Waals surface area contributed by atoms with Crippen molar-refractivity contribution in [3.8, 4) is 11.5 Å². The maximum atomic E-state index is 14.2. The first-order valence-corrected chi connectivity index (χ1v) is 17.2. The van der Waals surface area contributed by atoms with Crippen molar-refractivity contribution in [3.63, 3.8) is 0 Å². The number of carbonyl (C=O) groups is 2. The zero-order valence-electron chi connectivity index (χ0n) is 26.6. The smallest absolute Gasteiger partial charge is 0.407 e. The van der Waals surface area contributed by atoms with Gasteiger partial charge in [0.05, 0.1) is 36.2 Å². The van der Waals surface area contributed by atoms with Crippen LogP contribution in [0.3, 0.4) is 0 Å². The van der Waals surface area contributed by atoms with Gasteiger partial charge in [-0.2, -0.15) is 4.31 Å². The van der Waals surface area contributed by atoms with Crippen LogP contribution in [0.4, 0.5) is 4.79 Å². The summed E-state index contributed by atoms with van der Waals surface area (Å²) in [7, 11) is -4.16. The van der Waals surface area contributed by atoms with Crippen LogP contribution in [-0.2, 0) is 35.4 Å². The van der Waals surface area contributed by atoms with E-state index in [0.29, 0.717) is 43.8 Å². The van der Waals surface area contributed by atoms with Gasteiger partial charge in [-0.1, -0.05) is 44.2 Å². The third-order valence-corrected chi connectivity index (χ3v) is 10.5. The third-order valence-electron chi connectivity index (χ3n) is 8.67. The van der Waals surface area contributed by atoms with Crippen LogP contribution in [0.5, 0.6) is 11.5 Å². The molecule has 2 aromatic rings. The predicted molar refractivity (Wildman–Crippen MR) is 167 cm³/mol. The molecule has 0 radical (unpaired) electrons. The van der Waals surface area contributed by atoms with Crippen molar-refractivity contribution in [1.29, 1.82) is 0 Å². The van der Waals surface area contributed by atoms with E-state index in [4.69, 9.17) is 23.7 Å². The van der Waals surface area contributed by atoms with Gasteiger partial charge in [-0.3, -0.25) is 0 Å². The van der Waals surface area contributed by atoms with Gasteiger partial charge in [0, 0.05) is 25.6 Å². The fourth-order valence-electron chi connectivity index (χ4n) is 6.16. The van der Waals surface area contributed by atoms with Crippen LogP contribution in [0, 0.1) is 11.3 Å². The van der Waals surface area contributed by atoms with Crippen LogP contribution in [-0.4, -0.2) is 87.3 Å². The number of alkyl carbamates (subject to hydrolysis) is 1. The van der Waals surface area contributed by atoms with Crippen LogP contribution in [0.15, 0.2) is 53.4 Å². The molecule has 12 nitrogen and oxygen atoms in total. The number of fused-ring (bicyclic) bond motifs is 2. The molecule has 46 heavy (non-hydrogen) atoms. The van der Waals surface area contributed by atoms with Gasteiger partial charge in [0.15, 0.2) is 17.8 Å². The Morgan fingerprint density at radius 2 is 1.87 bits per heavy atom. The van der Waals surface area contributed by atoms with Crippen molar-refractivity contribution in [3.05, 3.63) is 54.1 Å². The Labute approximate surface area is 270 Å². The number of ether oxygens (including phenoxy) is 5. The Balaban J connectivity index is 1.37. The second-order valence-corrected chi connectivity index (χ2v) is 14.9. The van der Waals surface area contributed by atoms with Crippen molar-refractivity contribution < 1.29 is 46.8 Å². The van der Waals surface area contributed by atoms with E-state index >= 15 is 0 Å². The molecule has 0 spiro atoms. The van der Waals surface area contributed by atoms with Crippen LogP contribution >= 0.6 is 0 Å². The molecule has 2 aromatic carbocycles. The molecule has 252 valence electrons. The van der Waals surface area contributed by atoms with E-state index in [1.165, 1.54) is 23.4 Å². The van der Waals surface area contributed by atoms with E-state index in [2.05, 4.69) is 5.32 Å². The second kappa shape index (κ2) is 14.7. The molecule has 2 saturated heterocycles. The number of aliphatic hydroxyl groups is 1. The summed E-state index contributed by atoms with van der Waals surface area (Å²) in [5, 5.41) is 14.5. The predicted octanol–water partition coefficient (Wildman–Crippen LogP) is 3.65. The topological polar surface area (TPSA) is 150 Å². The number of carbonyl (C=O) groups excluding carboxylic acids is 2. The molecule has 3 heterocycles. The summed E-state index contributed by atoms with van der Waals surface area (Å²) in [6.07, 6.45) is -0.388. The average Bonchev–Trinajstić information content (AvgIpc) is 3.75. The van der Waals surface area contributed by atoms with E-state index in [0.717, 1.165) is 5.56 Å². The minimum Gasteiger partial charge on any atom is -0.454 e. The number of rotatable bonds is 15. The number of sulfonamides is 1. The molecule has 5 atom stereocenters. The van der Waals surface area contributed by atoms with Crippen LogP contribution in [0.1, 0.15) is 52.0 Å². The van der Waals surface area contributed by atoms with Gasteiger partial charge in [-0.25, -0.2) is 13.2 Å². The highest BCUT2D eigenvalue weighted by Gasteiger charge is 2.44. The lowest BCUT2D eigenvalue weighted by molar-refractivity contribution is -0.117. The first-order chi connectivity index (χ1) is 21.9. The fourth-order valence-corrected chi connectivity index (χ4v) is 7.83. The number of nitrogens with one attached hydrogen (secondary N) is 1. The summed E-state index contributed by atoms with van der Waals surface area (Å²) in [6.45, 7) is 5.89. The van der Waals surface area contributed by atoms with Gasteiger partial charge in [0.2, 0.25) is 16.8 Å². The molecule has 3 aliphatic heterocycles. The van der Waals surface area contributed by atoms with Gasteiger partial charge in [0.25, 0.3) is 0 Å². The molecule has 0 aliphatic carbocycles. The lowest BCUT2D eigenvalue weighted by Gasteiger charge is -2.35. The van der Waals surface area contributed by atoms with Gasteiger partial charge in [-0.05, 0) is 55.7 Å². The van der Waals surface area contributed by atoms with Gasteiger partial charge in [0.1, 0.15) is 11.9 Å². The molecular weight excluding hydrogens is 616 g/mol. The highest BCUT2D eigenvalue weighted by Crippen LogP contribution is 2.36. The Morgan fingerprint density at radius 1 is 1.11 bits per heavy atom. The lowest BCUT2D eigenvalue weighted by atomic mass is 9.86. The number of hydrogen-bond donors (Lipinski definition) is 2. The van der Waals surface area contributed by atoms with E-state index in [-0.39, 0.29) is 49.5 Å². The third kappa shape index (κ3) is 8.56. The number of Topliss-reactive ketones (excluding diaryl/α,β-unsaturated/α-hetero) is 1. The van der Waals surface area contributed by atoms with E-state index in [1.54, 1.807) is 6.07 Å². The van der Waals surface area contributed by atoms with Crippen molar-refractivity contribution in [2.45, 2.75) is 82.3 Å². The largest absolute Gasteiger partial charge is 0.454 e. The number of benzene rings is 2. The SMILES string of the molecule is CC(=O)CCCC(C)(C)CN(C[C@@H](O)[C@H](Cc1ccccc1)NC(=O)O[C@H]1CO[C@H]2OCC[C@H]21)S(=O)(=O)c1ccc2c(c1)OCO2. The Morgan fingerprint density at radius 3 is 2.63 bits per heavy atom. The summed E-state index contributed by atoms with van der Waals surface area (Å²) < 4.78 is 57.3. The van der Waals surface area contributed by atoms with Crippen molar-refractivity contribution >= 4 is 21.9 Å². The number of amides is 1. The summed E-state index contributed by atoms with van der Waals surface area (Å²) in [4.78, 5) is 24.8. The maximum absolute atomic E-state index is 14.2. The standard InChI is InChI=1S/C33H44N2O10S/c1-22(36)8-7-14-33(2,3)20-35(46(39,40)24-11-12-28-29(17-24)44-21-43-28)18-27(37)26(16-23-9-5-4-6-10-23)34-32(38)45-30-19-42-31-25(30)13-15-41-31/h4-6,9-12,17,25-27,30-31,37H,7-8,13-16,18-21H2,1-3H3,(H,34,38)/t25-,26-,27+,30-,31+/m0/s1. The molecule has 13 heteroatoms. The highest BCUT2D eigenvalue weighted by atomic mass is 32.2. The van der Waals surface area contributed by atoms with Crippen molar-refractivity contribution in [2.75, 3.05) is 33.1 Å². The first kappa shape index (κ1) is 34.1. The first-order valence-electron chi connectivity index (χ1n) is 15.7.